The Labute approximate surface area is 94.7 Å². The summed E-state index contributed by atoms with van der Waals surface area (Å²) in [7, 11) is 0. The van der Waals surface area contributed by atoms with E-state index in [-0.39, 0.29) is 5.78 Å². The number of allylic oxidation sites excluding steroid dienone is 1. The van der Waals surface area contributed by atoms with Crippen LogP contribution in [0.1, 0.15) is 23.2 Å². The summed E-state index contributed by atoms with van der Waals surface area (Å²) in [6.45, 7) is 4.70. The van der Waals surface area contributed by atoms with Gasteiger partial charge in [-0.25, -0.2) is 0 Å². The zero-order valence-electron chi connectivity index (χ0n) is 9.07. The van der Waals surface area contributed by atoms with Crippen molar-refractivity contribution in [3.8, 4) is 11.5 Å². The fourth-order valence-corrected chi connectivity index (χ4v) is 1.59. The van der Waals surface area contributed by atoms with E-state index in [4.69, 9.17) is 9.47 Å². The van der Waals surface area contributed by atoms with E-state index in [0.717, 1.165) is 0 Å². The quantitative estimate of drug-likeness (QED) is 0.575. The maximum atomic E-state index is 11.7. The molecule has 0 spiro atoms. The minimum atomic E-state index is 0.108. The molecule has 1 aromatic carbocycles. The van der Waals surface area contributed by atoms with Crippen LogP contribution in [0.5, 0.6) is 11.5 Å². The SMILES string of the molecule is C=CCCC(=O)c1ccc2c(c1)OCCO2. The van der Waals surface area contributed by atoms with Crippen molar-refractivity contribution in [2.75, 3.05) is 13.2 Å². The van der Waals surface area contributed by atoms with Gasteiger partial charge in [-0.1, -0.05) is 6.08 Å². The van der Waals surface area contributed by atoms with Gasteiger partial charge in [0.1, 0.15) is 13.2 Å². The van der Waals surface area contributed by atoms with Gasteiger partial charge in [-0.15, -0.1) is 6.58 Å². The Hall–Kier alpha value is -1.77. The highest BCUT2D eigenvalue weighted by Gasteiger charge is 2.14. The first kappa shape index (κ1) is 10.7. The Morgan fingerprint density at radius 1 is 1.31 bits per heavy atom. The zero-order valence-corrected chi connectivity index (χ0v) is 9.07. The number of benzene rings is 1. The fraction of sp³-hybridized carbons (Fsp3) is 0.308. The van der Waals surface area contributed by atoms with Gasteiger partial charge in [-0.05, 0) is 24.6 Å². The van der Waals surface area contributed by atoms with Crippen molar-refractivity contribution >= 4 is 5.78 Å². The Balaban J connectivity index is 2.16. The van der Waals surface area contributed by atoms with Crippen LogP contribution in [0.15, 0.2) is 30.9 Å². The molecule has 0 amide bonds. The summed E-state index contributed by atoms with van der Waals surface area (Å²) >= 11 is 0. The lowest BCUT2D eigenvalue weighted by atomic mass is 10.1. The summed E-state index contributed by atoms with van der Waals surface area (Å²) in [5.41, 5.74) is 0.672. The lowest BCUT2D eigenvalue weighted by molar-refractivity contribution is 0.0982. The molecule has 0 atom stereocenters. The lowest BCUT2D eigenvalue weighted by Gasteiger charge is -2.18. The van der Waals surface area contributed by atoms with E-state index >= 15 is 0 Å². The second-order valence-electron chi connectivity index (χ2n) is 3.61. The second-order valence-corrected chi connectivity index (χ2v) is 3.61. The number of Topliss-reactive ketones (excluding diaryl/α,β-unsaturated/α-hetero) is 1. The van der Waals surface area contributed by atoms with Crippen LogP contribution in [-0.2, 0) is 0 Å². The van der Waals surface area contributed by atoms with Crippen LogP contribution in [0.3, 0.4) is 0 Å². The largest absolute Gasteiger partial charge is 0.486 e. The van der Waals surface area contributed by atoms with Gasteiger partial charge in [0.15, 0.2) is 17.3 Å². The molecule has 0 bridgehead atoms. The number of rotatable bonds is 4. The van der Waals surface area contributed by atoms with E-state index in [1.165, 1.54) is 0 Å². The average Bonchev–Trinajstić information content (AvgIpc) is 2.35. The average molecular weight is 218 g/mol. The molecule has 84 valence electrons. The predicted octanol–water partition coefficient (Wildman–Crippen LogP) is 2.61. The summed E-state index contributed by atoms with van der Waals surface area (Å²) in [6.07, 6.45) is 2.94. The molecule has 0 aromatic heterocycles. The molecular formula is C13H14O3. The minimum Gasteiger partial charge on any atom is -0.486 e. The van der Waals surface area contributed by atoms with Crippen LogP contribution >= 0.6 is 0 Å². The molecule has 0 fully saturated rings. The summed E-state index contributed by atoms with van der Waals surface area (Å²) in [5, 5.41) is 0. The molecule has 1 heterocycles. The third-order valence-electron chi connectivity index (χ3n) is 2.44. The van der Waals surface area contributed by atoms with Gasteiger partial charge in [0, 0.05) is 12.0 Å². The van der Waals surface area contributed by atoms with Gasteiger partial charge in [0.25, 0.3) is 0 Å². The van der Waals surface area contributed by atoms with Gasteiger partial charge >= 0.3 is 0 Å². The van der Waals surface area contributed by atoms with Crippen LogP contribution in [0.2, 0.25) is 0 Å². The van der Waals surface area contributed by atoms with Crippen molar-refractivity contribution in [1.29, 1.82) is 0 Å². The van der Waals surface area contributed by atoms with E-state index in [1.807, 2.05) is 0 Å². The van der Waals surface area contributed by atoms with Crippen LogP contribution in [0.25, 0.3) is 0 Å². The van der Waals surface area contributed by atoms with Gasteiger partial charge in [-0.2, -0.15) is 0 Å². The third-order valence-corrected chi connectivity index (χ3v) is 2.44. The highest BCUT2D eigenvalue weighted by atomic mass is 16.6. The Morgan fingerprint density at radius 3 is 2.81 bits per heavy atom. The molecule has 3 heteroatoms. The highest BCUT2D eigenvalue weighted by Crippen LogP contribution is 2.31. The summed E-state index contributed by atoms with van der Waals surface area (Å²) in [5.74, 6) is 1.49. The van der Waals surface area contributed by atoms with Crippen molar-refractivity contribution in [3.05, 3.63) is 36.4 Å². The van der Waals surface area contributed by atoms with Gasteiger partial charge in [0.05, 0.1) is 0 Å². The second kappa shape index (κ2) is 4.84. The number of ether oxygens (including phenoxy) is 2. The molecule has 0 saturated carbocycles. The summed E-state index contributed by atoms with van der Waals surface area (Å²) in [6, 6.07) is 5.31. The Morgan fingerprint density at radius 2 is 2.06 bits per heavy atom. The van der Waals surface area contributed by atoms with Crippen molar-refractivity contribution in [2.45, 2.75) is 12.8 Å². The molecule has 1 aliphatic rings. The van der Waals surface area contributed by atoms with Crippen LogP contribution in [0.4, 0.5) is 0 Å². The molecule has 0 N–H and O–H groups in total. The molecule has 2 rings (SSSR count). The molecule has 3 nitrogen and oxygen atoms in total. The standard InChI is InChI=1S/C13H14O3/c1-2-3-4-11(14)10-5-6-12-13(9-10)16-8-7-15-12/h2,5-6,9H,1,3-4,7-8H2. The third kappa shape index (κ3) is 2.24. The number of ketones is 1. The maximum Gasteiger partial charge on any atom is 0.163 e. The Kier molecular flexibility index (Phi) is 3.25. The number of fused-ring (bicyclic) bond motifs is 1. The minimum absolute atomic E-state index is 0.108. The van der Waals surface area contributed by atoms with Crippen molar-refractivity contribution in [3.63, 3.8) is 0 Å². The van der Waals surface area contributed by atoms with Crippen LogP contribution in [0, 0.1) is 0 Å². The normalized spacial score (nSPS) is 13.2. The first-order valence-corrected chi connectivity index (χ1v) is 5.35. The van der Waals surface area contributed by atoms with Crippen LogP contribution in [-0.4, -0.2) is 19.0 Å². The van der Waals surface area contributed by atoms with Crippen molar-refractivity contribution in [2.24, 2.45) is 0 Å². The van der Waals surface area contributed by atoms with E-state index in [0.29, 0.717) is 43.1 Å². The van der Waals surface area contributed by atoms with Gasteiger partial charge in [-0.3, -0.25) is 4.79 Å². The molecular weight excluding hydrogens is 204 g/mol. The van der Waals surface area contributed by atoms with Gasteiger partial charge < -0.3 is 9.47 Å². The van der Waals surface area contributed by atoms with E-state index in [9.17, 15) is 4.79 Å². The van der Waals surface area contributed by atoms with Crippen molar-refractivity contribution in [1.82, 2.24) is 0 Å². The number of hydrogen-bond donors (Lipinski definition) is 0. The lowest BCUT2D eigenvalue weighted by Crippen LogP contribution is -2.15. The first-order chi connectivity index (χ1) is 7.81. The molecule has 16 heavy (non-hydrogen) atoms. The predicted molar refractivity (Wildman–Crippen MR) is 61.2 cm³/mol. The summed E-state index contributed by atoms with van der Waals surface area (Å²) < 4.78 is 10.8. The van der Waals surface area contributed by atoms with Crippen LogP contribution < -0.4 is 9.47 Å². The van der Waals surface area contributed by atoms with Crippen molar-refractivity contribution < 1.29 is 14.3 Å². The fourth-order valence-electron chi connectivity index (χ4n) is 1.59. The smallest absolute Gasteiger partial charge is 0.163 e. The van der Waals surface area contributed by atoms with E-state index in [1.54, 1.807) is 24.3 Å². The van der Waals surface area contributed by atoms with E-state index in [2.05, 4.69) is 6.58 Å². The molecule has 0 saturated heterocycles. The van der Waals surface area contributed by atoms with Gasteiger partial charge in [0.2, 0.25) is 0 Å². The number of carbonyl (C=O) groups is 1. The molecule has 0 unspecified atom stereocenters. The summed E-state index contributed by atoms with van der Waals surface area (Å²) in [4.78, 5) is 11.7. The number of hydrogen-bond acceptors (Lipinski definition) is 3. The zero-order chi connectivity index (χ0) is 11.4. The molecule has 0 aliphatic carbocycles. The molecule has 0 radical (unpaired) electrons. The maximum absolute atomic E-state index is 11.7. The topological polar surface area (TPSA) is 35.5 Å². The number of carbonyl (C=O) groups excluding carboxylic acids is 1. The molecule has 1 aliphatic heterocycles. The molecule has 1 aromatic rings. The highest BCUT2D eigenvalue weighted by molar-refractivity contribution is 5.96. The van der Waals surface area contributed by atoms with E-state index < -0.39 is 0 Å². The Bertz CT molecular complexity index is 410. The first-order valence-electron chi connectivity index (χ1n) is 5.35. The monoisotopic (exact) mass is 218 g/mol.